The maximum absolute atomic E-state index is 13.5. The average Bonchev–Trinajstić information content (AvgIpc) is 3.77. The van der Waals surface area contributed by atoms with Crippen molar-refractivity contribution in [3.05, 3.63) is 104 Å². The molecule has 0 amide bonds. The summed E-state index contributed by atoms with van der Waals surface area (Å²) >= 11 is 7.92. The maximum atomic E-state index is 13.5. The van der Waals surface area contributed by atoms with Gasteiger partial charge in [-0.05, 0) is 73.5 Å². The normalized spacial score (nSPS) is 11.8. The lowest BCUT2D eigenvalue weighted by Crippen LogP contribution is -2.23. The van der Waals surface area contributed by atoms with Crippen LogP contribution in [0.5, 0.6) is 11.5 Å². The number of nitrogens with zero attached hydrogens (tertiary/aromatic N) is 5. The van der Waals surface area contributed by atoms with E-state index < -0.39 is 0 Å². The fraction of sp³-hybridized carbons (Fsp3) is 0.278. The highest BCUT2D eigenvalue weighted by Gasteiger charge is 2.16. The number of aromatic nitrogens is 5. The Morgan fingerprint density at radius 3 is 2.35 bits per heavy atom. The van der Waals surface area contributed by atoms with Crippen LogP contribution >= 0.6 is 22.9 Å². The fourth-order valence-electron chi connectivity index (χ4n) is 5.04. The van der Waals surface area contributed by atoms with Crippen molar-refractivity contribution >= 4 is 34.0 Å². The first-order chi connectivity index (χ1) is 22.5. The molecule has 3 aromatic heterocycles. The highest BCUT2D eigenvalue weighted by Crippen LogP contribution is 2.32. The first kappa shape index (κ1) is 31.5. The average molecular weight is 654 g/mol. The Labute approximate surface area is 276 Å². The summed E-state index contributed by atoms with van der Waals surface area (Å²) in [5.41, 5.74) is 3.77. The Kier molecular flexibility index (Phi) is 10.1. The first-order valence-corrected chi connectivity index (χ1v) is 17.0. The highest BCUT2D eigenvalue weighted by molar-refractivity contribution is 7.15. The van der Waals surface area contributed by atoms with Gasteiger partial charge in [-0.3, -0.25) is 4.79 Å². The van der Waals surface area contributed by atoms with Crippen molar-refractivity contribution in [1.29, 1.82) is 0 Å². The van der Waals surface area contributed by atoms with E-state index in [9.17, 15) is 4.79 Å². The minimum atomic E-state index is -0.234. The van der Waals surface area contributed by atoms with Gasteiger partial charge in [-0.2, -0.15) is 14.6 Å². The van der Waals surface area contributed by atoms with Gasteiger partial charge in [0, 0.05) is 22.9 Å². The van der Waals surface area contributed by atoms with Gasteiger partial charge in [0.2, 0.25) is 4.96 Å². The zero-order valence-corrected chi connectivity index (χ0v) is 27.6. The fourth-order valence-corrected chi connectivity index (χ4v) is 6.17. The molecule has 0 atom stereocenters. The van der Waals surface area contributed by atoms with Crippen LogP contribution in [-0.4, -0.2) is 37.6 Å². The topological polar surface area (TPSA) is 83.5 Å². The molecule has 0 aliphatic rings. The summed E-state index contributed by atoms with van der Waals surface area (Å²) in [5, 5.41) is 9.95. The zero-order valence-electron chi connectivity index (χ0n) is 26.0. The molecule has 0 aliphatic heterocycles. The Hall–Kier alpha value is -4.47. The molecule has 3 aromatic carbocycles. The Balaban J connectivity index is 1.30. The molecule has 0 radical (unpaired) electrons. The van der Waals surface area contributed by atoms with Crippen LogP contribution in [-0.2, 0) is 0 Å². The molecule has 0 spiro atoms. The second-order valence-corrected chi connectivity index (χ2v) is 12.5. The van der Waals surface area contributed by atoms with Gasteiger partial charge in [0.15, 0.2) is 5.82 Å². The third-order valence-electron chi connectivity index (χ3n) is 7.57. The number of fused-ring (bicyclic) bond motifs is 1. The van der Waals surface area contributed by atoms with Crippen LogP contribution in [0.15, 0.2) is 83.8 Å². The molecule has 8 nitrogen and oxygen atoms in total. The summed E-state index contributed by atoms with van der Waals surface area (Å²) in [6, 6.07) is 23.2. The minimum absolute atomic E-state index is 0.234. The van der Waals surface area contributed by atoms with E-state index in [4.69, 9.17) is 26.2 Å². The lowest BCUT2D eigenvalue weighted by Gasteiger charge is -2.09. The van der Waals surface area contributed by atoms with Crippen LogP contribution in [0.2, 0.25) is 5.02 Å². The maximum Gasteiger partial charge on any atom is 0.291 e. The smallest absolute Gasteiger partial charge is 0.291 e. The molecule has 6 aromatic rings. The molecule has 0 N–H and O–H groups in total. The molecule has 0 unspecified atom stereocenters. The Bertz CT molecular complexity index is 2020. The van der Waals surface area contributed by atoms with Gasteiger partial charge in [-0.1, -0.05) is 80.7 Å². The molecule has 0 bridgehead atoms. The number of rotatable bonds is 14. The monoisotopic (exact) mass is 653 g/mol. The van der Waals surface area contributed by atoms with E-state index in [1.807, 2.05) is 85.1 Å². The molecule has 6 rings (SSSR count). The molecule has 46 heavy (non-hydrogen) atoms. The molecular formula is C36H36ClN5O3S. The Morgan fingerprint density at radius 1 is 0.848 bits per heavy atom. The van der Waals surface area contributed by atoms with Crippen LogP contribution in [0.1, 0.15) is 57.9 Å². The number of thiazole rings is 1. The molecule has 0 saturated carbocycles. The third-order valence-corrected chi connectivity index (χ3v) is 8.83. The van der Waals surface area contributed by atoms with E-state index in [1.54, 1.807) is 4.68 Å². The number of para-hydroxylation sites is 1. The van der Waals surface area contributed by atoms with Crippen molar-refractivity contribution in [1.82, 2.24) is 24.4 Å². The summed E-state index contributed by atoms with van der Waals surface area (Å²) in [6.45, 7) is 5.63. The number of halogens is 1. The predicted octanol–water partition coefficient (Wildman–Crippen LogP) is 8.01. The van der Waals surface area contributed by atoms with E-state index in [2.05, 4.69) is 23.9 Å². The van der Waals surface area contributed by atoms with E-state index in [-0.39, 0.29) is 5.56 Å². The van der Waals surface area contributed by atoms with Crippen molar-refractivity contribution in [2.45, 2.75) is 52.4 Å². The zero-order chi connectivity index (χ0) is 31.9. The second kappa shape index (κ2) is 14.7. The second-order valence-electron chi connectivity index (χ2n) is 11.0. The molecule has 10 heteroatoms. The molecule has 0 aliphatic carbocycles. The van der Waals surface area contributed by atoms with Gasteiger partial charge >= 0.3 is 0 Å². The summed E-state index contributed by atoms with van der Waals surface area (Å²) in [6.07, 6.45) is 10.4. The van der Waals surface area contributed by atoms with E-state index in [1.165, 1.54) is 35.1 Å². The quantitative estimate of drug-likeness (QED) is 0.111. The summed E-state index contributed by atoms with van der Waals surface area (Å²) in [4.78, 5) is 18.7. The number of hydrogen-bond donors (Lipinski definition) is 0. The van der Waals surface area contributed by atoms with Gasteiger partial charge in [0.05, 0.1) is 28.5 Å². The van der Waals surface area contributed by atoms with E-state index >= 15 is 0 Å². The van der Waals surface area contributed by atoms with Crippen LogP contribution in [0, 0.1) is 0 Å². The number of benzene rings is 3. The van der Waals surface area contributed by atoms with Crippen LogP contribution in [0.25, 0.3) is 39.4 Å². The van der Waals surface area contributed by atoms with Gasteiger partial charge in [0.1, 0.15) is 17.2 Å². The van der Waals surface area contributed by atoms with Crippen molar-refractivity contribution in [3.8, 4) is 39.8 Å². The van der Waals surface area contributed by atoms with Gasteiger partial charge in [0.25, 0.3) is 5.56 Å². The SMILES string of the molecule is CCCCCCOc1ccc(-c2nc3sc(=Cc4cn(-c5ccccc5)nc4-c4ccc(OCCCC)c(Cl)c4)c(=O)n3n2)cc1. The van der Waals surface area contributed by atoms with Crippen LogP contribution in [0.3, 0.4) is 0 Å². The lowest BCUT2D eigenvalue weighted by molar-refractivity contribution is 0.305. The van der Waals surface area contributed by atoms with Crippen molar-refractivity contribution in [3.63, 3.8) is 0 Å². The van der Waals surface area contributed by atoms with E-state index in [0.717, 1.165) is 47.4 Å². The Morgan fingerprint density at radius 2 is 1.61 bits per heavy atom. The molecule has 0 fully saturated rings. The summed E-state index contributed by atoms with van der Waals surface area (Å²) in [7, 11) is 0. The minimum Gasteiger partial charge on any atom is -0.494 e. The number of ether oxygens (including phenoxy) is 2. The van der Waals surface area contributed by atoms with Gasteiger partial charge < -0.3 is 9.47 Å². The number of unbranched alkanes of at least 4 members (excludes halogenated alkanes) is 4. The largest absolute Gasteiger partial charge is 0.494 e. The lowest BCUT2D eigenvalue weighted by atomic mass is 10.1. The summed E-state index contributed by atoms with van der Waals surface area (Å²) in [5.74, 6) is 1.95. The molecular weight excluding hydrogens is 618 g/mol. The highest BCUT2D eigenvalue weighted by atomic mass is 35.5. The van der Waals surface area contributed by atoms with Crippen molar-refractivity contribution in [2.24, 2.45) is 0 Å². The van der Waals surface area contributed by atoms with Crippen LogP contribution < -0.4 is 19.6 Å². The molecule has 236 valence electrons. The predicted molar refractivity (Wildman–Crippen MR) is 185 cm³/mol. The van der Waals surface area contributed by atoms with Gasteiger partial charge in [-0.15, -0.1) is 5.10 Å². The van der Waals surface area contributed by atoms with Crippen LogP contribution in [0.4, 0.5) is 0 Å². The van der Waals surface area contributed by atoms with Crippen molar-refractivity contribution in [2.75, 3.05) is 13.2 Å². The molecule has 3 heterocycles. The van der Waals surface area contributed by atoms with Gasteiger partial charge in [-0.25, -0.2) is 4.68 Å². The van der Waals surface area contributed by atoms with E-state index in [0.29, 0.717) is 45.0 Å². The standard InChI is InChI=1S/C36H36ClN5O3S/c1-3-5-7-11-21-44-29-17-14-25(15-18-29)34-38-36-42(40-34)35(43)32(46-36)23-27-24-41(28-12-9-8-10-13-28)39-33(27)26-16-19-31(30(37)22-26)45-20-6-4-2/h8-10,12-19,22-24H,3-7,11,20-21H2,1-2H3. The first-order valence-electron chi connectivity index (χ1n) is 15.8. The van der Waals surface area contributed by atoms with Crippen molar-refractivity contribution < 1.29 is 9.47 Å². The number of hydrogen-bond acceptors (Lipinski definition) is 7. The molecule has 0 saturated heterocycles. The third kappa shape index (κ3) is 7.16. The summed E-state index contributed by atoms with van der Waals surface area (Å²) < 4.78 is 15.4.